The summed E-state index contributed by atoms with van der Waals surface area (Å²) in [6.07, 6.45) is 1.76. The van der Waals surface area contributed by atoms with Crippen LogP contribution < -0.4 is 5.32 Å². The molecule has 6 heteroatoms. The molecule has 106 valence electrons. The molecule has 0 aliphatic carbocycles. The van der Waals surface area contributed by atoms with Crippen molar-refractivity contribution in [1.29, 1.82) is 0 Å². The largest absolute Gasteiger partial charge is 0.379 e. The van der Waals surface area contributed by atoms with E-state index in [0.717, 1.165) is 22.8 Å². The summed E-state index contributed by atoms with van der Waals surface area (Å²) in [5.41, 5.74) is 2.74. The minimum Gasteiger partial charge on any atom is -0.379 e. The Balaban J connectivity index is 1.83. The molecule has 0 aliphatic rings. The Bertz CT molecular complexity index is 753. The number of hydrogen-bond acceptors (Lipinski definition) is 6. The Morgan fingerprint density at radius 2 is 1.90 bits per heavy atom. The quantitative estimate of drug-likeness (QED) is 0.792. The second-order valence-corrected chi connectivity index (χ2v) is 4.64. The van der Waals surface area contributed by atoms with Crippen molar-refractivity contribution in [1.82, 2.24) is 20.1 Å². The molecule has 0 amide bonds. The highest BCUT2D eigenvalue weighted by Crippen LogP contribution is 2.26. The maximum atomic E-state index is 5.24. The van der Waals surface area contributed by atoms with Gasteiger partial charge in [-0.25, -0.2) is 9.97 Å². The fourth-order valence-electron chi connectivity index (χ4n) is 2.02. The molecule has 1 aromatic carbocycles. The predicted molar refractivity (Wildman–Crippen MR) is 78.6 cm³/mol. The van der Waals surface area contributed by atoms with Gasteiger partial charge in [-0.1, -0.05) is 17.3 Å². The lowest BCUT2D eigenvalue weighted by molar-refractivity contribution is 0.426. The normalized spacial score (nSPS) is 10.6. The molecule has 0 radical (unpaired) electrons. The van der Waals surface area contributed by atoms with Gasteiger partial charge in [0, 0.05) is 11.9 Å². The molecule has 21 heavy (non-hydrogen) atoms. The van der Waals surface area contributed by atoms with Gasteiger partial charge in [-0.3, -0.25) is 0 Å². The number of hydrogen-bond donors (Lipinski definition) is 1. The van der Waals surface area contributed by atoms with E-state index < -0.39 is 0 Å². The lowest BCUT2D eigenvalue weighted by Crippen LogP contribution is -2.04. The van der Waals surface area contributed by atoms with Gasteiger partial charge in [0.25, 0.3) is 5.89 Å². The highest BCUT2D eigenvalue weighted by molar-refractivity contribution is 5.72. The van der Waals surface area contributed by atoms with Gasteiger partial charge >= 0.3 is 0 Å². The molecule has 3 aromatic rings. The van der Waals surface area contributed by atoms with Crippen molar-refractivity contribution in [3.05, 3.63) is 53.9 Å². The van der Waals surface area contributed by atoms with Crippen LogP contribution in [0.25, 0.3) is 11.5 Å². The van der Waals surface area contributed by atoms with Crippen LogP contribution in [-0.4, -0.2) is 20.1 Å². The van der Waals surface area contributed by atoms with Crippen molar-refractivity contribution in [2.45, 2.75) is 20.4 Å². The Morgan fingerprint density at radius 3 is 2.67 bits per heavy atom. The molecule has 0 spiro atoms. The minimum atomic E-state index is 0.509. The van der Waals surface area contributed by atoms with Crippen LogP contribution >= 0.6 is 0 Å². The fourth-order valence-corrected chi connectivity index (χ4v) is 2.02. The van der Waals surface area contributed by atoms with E-state index >= 15 is 0 Å². The third-order valence-electron chi connectivity index (χ3n) is 2.98. The van der Waals surface area contributed by atoms with Crippen LogP contribution in [0.15, 0.2) is 41.1 Å². The first-order valence-corrected chi connectivity index (χ1v) is 6.64. The Morgan fingerprint density at radius 1 is 1.05 bits per heavy atom. The van der Waals surface area contributed by atoms with Gasteiger partial charge in [-0.2, -0.15) is 4.98 Å². The molecular weight excluding hydrogens is 266 g/mol. The van der Waals surface area contributed by atoms with E-state index in [1.807, 2.05) is 37.3 Å². The van der Waals surface area contributed by atoms with Gasteiger partial charge in [0.05, 0.1) is 17.8 Å². The summed E-state index contributed by atoms with van der Waals surface area (Å²) in [5, 5.41) is 7.18. The molecule has 0 bridgehead atoms. The highest BCUT2D eigenvalue weighted by atomic mass is 16.5. The average molecular weight is 281 g/mol. The van der Waals surface area contributed by atoms with E-state index in [1.54, 1.807) is 13.1 Å². The molecule has 0 fully saturated rings. The molecule has 0 aliphatic heterocycles. The topological polar surface area (TPSA) is 76.7 Å². The number of nitrogens with one attached hydrogen (secondary N) is 1. The van der Waals surface area contributed by atoms with Crippen LogP contribution in [0.5, 0.6) is 0 Å². The third kappa shape index (κ3) is 3.05. The summed E-state index contributed by atoms with van der Waals surface area (Å²) in [6.45, 7) is 4.28. The summed E-state index contributed by atoms with van der Waals surface area (Å²) in [5.74, 6) is 1.89. The van der Waals surface area contributed by atoms with Crippen LogP contribution in [-0.2, 0) is 6.54 Å². The standard InChI is InChI=1S/C15H15N5O/c1-10-16-8-7-12(18-10)9-17-14-6-4-3-5-13(14)15-19-11(2)20-21-15/h3-8,17H,9H2,1-2H3. The molecule has 2 heterocycles. The Kier molecular flexibility index (Phi) is 3.59. The first-order chi connectivity index (χ1) is 10.2. The smallest absolute Gasteiger partial charge is 0.260 e. The highest BCUT2D eigenvalue weighted by Gasteiger charge is 2.11. The molecule has 0 saturated heterocycles. The molecule has 0 atom stereocenters. The van der Waals surface area contributed by atoms with Crippen LogP contribution in [0.3, 0.4) is 0 Å². The number of benzene rings is 1. The lowest BCUT2D eigenvalue weighted by Gasteiger charge is -2.09. The second kappa shape index (κ2) is 5.70. The van der Waals surface area contributed by atoms with E-state index in [4.69, 9.17) is 4.52 Å². The van der Waals surface area contributed by atoms with Gasteiger partial charge < -0.3 is 9.84 Å². The van der Waals surface area contributed by atoms with E-state index in [2.05, 4.69) is 25.4 Å². The minimum absolute atomic E-state index is 0.509. The summed E-state index contributed by atoms with van der Waals surface area (Å²) in [6, 6.07) is 9.71. The van der Waals surface area contributed by atoms with Crippen molar-refractivity contribution in [2.75, 3.05) is 5.32 Å². The molecule has 0 unspecified atom stereocenters. The van der Waals surface area contributed by atoms with Gasteiger partial charge in [0.1, 0.15) is 5.82 Å². The molecule has 2 aromatic heterocycles. The summed E-state index contributed by atoms with van der Waals surface area (Å²) in [7, 11) is 0. The van der Waals surface area contributed by atoms with Crippen molar-refractivity contribution in [3.8, 4) is 11.5 Å². The van der Waals surface area contributed by atoms with Crippen LogP contribution in [0.4, 0.5) is 5.69 Å². The van der Waals surface area contributed by atoms with Crippen molar-refractivity contribution >= 4 is 5.69 Å². The van der Waals surface area contributed by atoms with Crippen LogP contribution in [0, 0.1) is 13.8 Å². The van der Waals surface area contributed by atoms with Gasteiger partial charge in [0.2, 0.25) is 0 Å². The third-order valence-corrected chi connectivity index (χ3v) is 2.98. The predicted octanol–water partition coefficient (Wildman–Crippen LogP) is 2.76. The number of aryl methyl sites for hydroxylation is 2. The van der Waals surface area contributed by atoms with Crippen molar-refractivity contribution in [3.63, 3.8) is 0 Å². The maximum absolute atomic E-state index is 5.24. The number of anilines is 1. The monoisotopic (exact) mass is 281 g/mol. The summed E-state index contributed by atoms with van der Waals surface area (Å²) >= 11 is 0. The van der Waals surface area contributed by atoms with Crippen LogP contribution in [0.1, 0.15) is 17.3 Å². The molecular formula is C15H15N5O. The number of para-hydroxylation sites is 1. The first-order valence-electron chi connectivity index (χ1n) is 6.64. The summed E-state index contributed by atoms with van der Waals surface area (Å²) < 4.78 is 5.24. The maximum Gasteiger partial charge on any atom is 0.260 e. The zero-order valence-electron chi connectivity index (χ0n) is 11.9. The average Bonchev–Trinajstić information content (AvgIpc) is 2.92. The lowest BCUT2D eigenvalue weighted by atomic mass is 10.1. The molecule has 3 rings (SSSR count). The van der Waals surface area contributed by atoms with E-state index in [0.29, 0.717) is 18.3 Å². The first kappa shape index (κ1) is 13.2. The van der Waals surface area contributed by atoms with E-state index in [1.165, 1.54) is 0 Å². The zero-order chi connectivity index (χ0) is 14.7. The van der Waals surface area contributed by atoms with E-state index in [9.17, 15) is 0 Å². The van der Waals surface area contributed by atoms with Crippen molar-refractivity contribution < 1.29 is 4.52 Å². The zero-order valence-corrected chi connectivity index (χ0v) is 11.9. The van der Waals surface area contributed by atoms with Crippen LogP contribution in [0.2, 0.25) is 0 Å². The van der Waals surface area contributed by atoms with E-state index in [-0.39, 0.29) is 0 Å². The molecule has 0 saturated carbocycles. The van der Waals surface area contributed by atoms with Gasteiger partial charge in [-0.15, -0.1) is 0 Å². The number of aromatic nitrogens is 4. The number of rotatable bonds is 4. The number of nitrogens with zero attached hydrogens (tertiary/aromatic N) is 4. The second-order valence-electron chi connectivity index (χ2n) is 4.64. The SMILES string of the molecule is Cc1nccc(CNc2ccccc2-c2nc(C)no2)n1. The van der Waals surface area contributed by atoms with Crippen molar-refractivity contribution in [2.24, 2.45) is 0 Å². The Hall–Kier alpha value is -2.76. The van der Waals surface area contributed by atoms with Gasteiger partial charge in [0.15, 0.2) is 5.82 Å². The fraction of sp³-hybridized carbons (Fsp3) is 0.200. The summed E-state index contributed by atoms with van der Waals surface area (Å²) in [4.78, 5) is 12.7. The van der Waals surface area contributed by atoms with Gasteiger partial charge in [-0.05, 0) is 32.0 Å². The Labute approximate surface area is 122 Å². The molecule has 6 nitrogen and oxygen atoms in total. The molecule has 1 N–H and O–H groups in total.